The maximum atomic E-state index is 5.61. The lowest BCUT2D eigenvalue weighted by Gasteiger charge is -2.21. The van der Waals surface area contributed by atoms with Crippen LogP contribution in [0.25, 0.3) is 0 Å². The Morgan fingerprint density at radius 1 is 1.22 bits per heavy atom. The third kappa shape index (κ3) is 4.18. The molecule has 2 nitrogen and oxygen atoms in total. The van der Waals surface area contributed by atoms with Crippen LogP contribution in [0.5, 0.6) is 0 Å². The van der Waals surface area contributed by atoms with Crippen LogP contribution in [0.15, 0.2) is 24.3 Å². The van der Waals surface area contributed by atoms with Crippen molar-refractivity contribution in [1.29, 1.82) is 0 Å². The molecule has 98 valence electrons. The molecule has 1 atom stereocenters. The van der Waals surface area contributed by atoms with Gasteiger partial charge < -0.3 is 0 Å². The fraction of sp³-hybridized carbons (Fsp3) is 0.500. The van der Waals surface area contributed by atoms with E-state index in [2.05, 4.69) is 62.3 Å². The summed E-state index contributed by atoms with van der Waals surface area (Å²) < 4.78 is 0. The van der Waals surface area contributed by atoms with Crippen molar-refractivity contribution in [2.24, 2.45) is 5.84 Å². The van der Waals surface area contributed by atoms with Crippen LogP contribution in [0.2, 0.25) is 0 Å². The van der Waals surface area contributed by atoms with E-state index in [9.17, 15) is 0 Å². The summed E-state index contributed by atoms with van der Waals surface area (Å²) in [7, 11) is 0. The van der Waals surface area contributed by atoms with Crippen molar-refractivity contribution in [3.63, 3.8) is 0 Å². The lowest BCUT2D eigenvalue weighted by atomic mass is 9.86. The fourth-order valence-electron chi connectivity index (χ4n) is 1.90. The highest BCUT2D eigenvalue weighted by Gasteiger charge is 2.14. The minimum absolute atomic E-state index is 0.180. The zero-order chi connectivity index (χ0) is 13.6. The van der Waals surface area contributed by atoms with Crippen LogP contribution in [0.1, 0.15) is 57.7 Å². The quantitative estimate of drug-likeness (QED) is 0.484. The van der Waals surface area contributed by atoms with E-state index in [-0.39, 0.29) is 11.5 Å². The van der Waals surface area contributed by atoms with Gasteiger partial charge >= 0.3 is 0 Å². The third-order valence-electron chi connectivity index (χ3n) is 3.12. The molecule has 0 spiro atoms. The summed E-state index contributed by atoms with van der Waals surface area (Å²) >= 11 is 0. The molecule has 0 amide bonds. The number of benzene rings is 1. The van der Waals surface area contributed by atoms with Gasteiger partial charge in [-0.1, -0.05) is 45.0 Å². The van der Waals surface area contributed by atoms with Crippen molar-refractivity contribution in [2.75, 3.05) is 0 Å². The smallest absolute Gasteiger partial charge is 0.0469 e. The lowest BCUT2D eigenvalue weighted by molar-refractivity contribution is 0.522. The van der Waals surface area contributed by atoms with Gasteiger partial charge in [0.05, 0.1) is 0 Å². The molecule has 0 saturated heterocycles. The molecule has 0 radical (unpaired) electrons. The summed E-state index contributed by atoms with van der Waals surface area (Å²) in [5, 5.41) is 0. The van der Waals surface area contributed by atoms with Crippen molar-refractivity contribution in [2.45, 2.75) is 52.0 Å². The molecule has 0 bridgehead atoms. The Kier molecular flexibility index (Phi) is 5.40. The molecule has 2 heteroatoms. The first-order valence-electron chi connectivity index (χ1n) is 6.45. The number of nitrogens with two attached hydrogens (primary N) is 1. The summed E-state index contributed by atoms with van der Waals surface area (Å²) in [5.74, 6) is 11.6. The Morgan fingerprint density at radius 2 is 1.83 bits per heavy atom. The van der Waals surface area contributed by atoms with Gasteiger partial charge in [0.15, 0.2) is 0 Å². The van der Waals surface area contributed by atoms with Gasteiger partial charge in [-0.15, -0.1) is 11.8 Å². The predicted octanol–water partition coefficient (Wildman–Crippen LogP) is 3.29. The number of hydrogen-bond donors (Lipinski definition) is 2. The van der Waals surface area contributed by atoms with Gasteiger partial charge in [0.25, 0.3) is 0 Å². The summed E-state index contributed by atoms with van der Waals surface area (Å²) in [6.45, 7) is 8.52. The Balaban J connectivity index is 2.77. The molecular weight excluding hydrogens is 220 g/mol. The van der Waals surface area contributed by atoms with Crippen molar-refractivity contribution < 1.29 is 0 Å². The second-order valence-corrected chi connectivity index (χ2v) is 5.56. The van der Waals surface area contributed by atoms with Gasteiger partial charge in [0.1, 0.15) is 0 Å². The minimum atomic E-state index is 0.180. The van der Waals surface area contributed by atoms with Crippen molar-refractivity contribution >= 4 is 0 Å². The number of hydrogen-bond acceptors (Lipinski definition) is 2. The summed E-state index contributed by atoms with van der Waals surface area (Å²) in [6.07, 6.45) is 1.80. The zero-order valence-electron chi connectivity index (χ0n) is 11.9. The molecule has 0 saturated carbocycles. The monoisotopic (exact) mass is 244 g/mol. The topological polar surface area (TPSA) is 38.0 Å². The van der Waals surface area contributed by atoms with E-state index in [4.69, 9.17) is 5.84 Å². The molecule has 0 aromatic heterocycles. The van der Waals surface area contributed by atoms with E-state index >= 15 is 0 Å². The molecule has 18 heavy (non-hydrogen) atoms. The first-order valence-corrected chi connectivity index (χ1v) is 6.45. The van der Waals surface area contributed by atoms with Crippen molar-refractivity contribution in [3.8, 4) is 11.8 Å². The van der Waals surface area contributed by atoms with Crippen LogP contribution in [-0.4, -0.2) is 0 Å². The summed E-state index contributed by atoms with van der Waals surface area (Å²) in [5.41, 5.74) is 5.63. The van der Waals surface area contributed by atoms with Crippen LogP contribution >= 0.6 is 0 Å². The van der Waals surface area contributed by atoms with Gasteiger partial charge in [-0.2, -0.15) is 0 Å². The van der Waals surface area contributed by atoms with E-state index in [1.54, 1.807) is 0 Å². The first-order chi connectivity index (χ1) is 8.49. The highest BCUT2D eigenvalue weighted by Crippen LogP contribution is 2.25. The molecule has 0 fully saturated rings. The molecule has 1 aromatic rings. The number of hydrazine groups is 1. The van der Waals surface area contributed by atoms with Gasteiger partial charge in [-0.05, 0) is 29.9 Å². The van der Waals surface area contributed by atoms with E-state index in [0.29, 0.717) is 0 Å². The van der Waals surface area contributed by atoms with E-state index in [0.717, 1.165) is 12.8 Å². The van der Waals surface area contributed by atoms with Crippen molar-refractivity contribution in [3.05, 3.63) is 35.4 Å². The molecule has 1 aromatic carbocycles. The van der Waals surface area contributed by atoms with Crippen LogP contribution in [0.4, 0.5) is 0 Å². The second-order valence-electron chi connectivity index (χ2n) is 5.56. The largest absolute Gasteiger partial charge is 0.271 e. The number of rotatable bonds is 4. The maximum Gasteiger partial charge on any atom is 0.0469 e. The van der Waals surface area contributed by atoms with Gasteiger partial charge in [0, 0.05) is 12.5 Å². The average molecular weight is 244 g/mol. The normalized spacial score (nSPS) is 12.7. The Bertz CT molecular complexity index is 415. The van der Waals surface area contributed by atoms with E-state index in [1.807, 2.05) is 6.92 Å². The van der Waals surface area contributed by atoms with Crippen LogP contribution in [0, 0.1) is 11.8 Å². The summed E-state index contributed by atoms with van der Waals surface area (Å²) in [6, 6.07) is 8.87. The standard InChI is InChI=1S/C16H24N2/c1-5-6-7-8-15(18-17)13-9-11-14(12-10-13)16(2,3)4/h9-12,15,18H,7-8,17H2,1-4H3. The Morgan fingerprint density at radius 3 is 2.28 bits per heavy atom. The molecule has 0 aliphatic carbocycles. The highest BCUT2D eigenvalue weighted by atomic mass is 15.2. The Labute approximate surface area is 111 Å². The fourth-order valence-corrected chi connectivity index (χ4v) is 1.90. The average Bonchev–Trinajstić information content (AvgIpc) is 2.34. The first kappa shape index (κ1) is 14.8. The highest BCUT2D eigenvalue weighted by molar-refractivity contribution is 5.29. The summed E-state index contributed by atoms with van der Waals surface area (Å²) in [4.78, 5) is 0. The maximum absolute atomic E-state index is 5.61. The van der Waals surface area contributed by atoms with Gasteiger partial charge in [-0.3, -0.25) is 11.3 Å². The van der Waals surface area contributed by atoms with Gasteiger partial charge in [-0.25, -0.2) is 0 Å². The molecule has 0 aliphatic heterocycles. The van der Waals surface area contributed by atoms with Crippen molar-refractivity contribution in [1.82, 2.24) is 5.43 Å². The second kappa shape index (κ2) is 6.58. The molecule has 0 aliphatic rings. The van der Waals surface area contributed by atoms with Crippen LogP contribution in [0.3, 0.4) is 0 Å². The Hall–Kier alpha value is -1.30. The third-order valence-corrected chi connectivity index (χ3v) is 3.12. The predicted molar refractivity (Wildman–Crippen MR) is 77.9 cm³/mol. The molecule has 0 heterocycles. The molecule has 1 unspecified atom stereocenters. The lowest BCUT2D eigenvalue weighted by Crippen LogP contribution is -2.28. The van der Waals surface area contributed by atoms with E-state index < -0.39 is 0 Å². The molecule has 1 rings (SSSR count). The van der Waals surface area contributed by atoms with Gasteiger partial charge in [0.2, 0.25) is 0 Å². The minimum Gasteiger partial charge on any atom is -0.271 e. The SMILES string of the molecule is CC#CCCC(NN)c1ccc(C(C)(C)C)cc1. The molecule has 3 N–H and O–H groups in total. The van der Waals surface area contributed by atoms with E-state index in [1.165, 1.54) is 11.1 Å². The van der Waals surface area contributed by atoms with Crippen LogP contribution < -0.4 is 11.3 Å². The van der Waals surface area contributed by atoms with Crippen LogP contribution in [-0.2, 0) is 5.41 Å². The zero-order valence-corrected chi connectivity index (χ0v) is 11.9. The molecular formula is C16H24N2. The number of nitrogens with one attached hydrogen (secondary N) is 1.